The summed E-state index contributed by atoms with van der Waals surface area (Å²) in [6.45, 7) is 2.91. The second-order valence-corrected chi connectivity index (χ2v) is 5.40. The third-order valence-electron chi connectivity index (χ3n) is 4.24. The number of hydrogen-bond acceptors (Lipinski definition) is 2. The Morgan fingerprint density at radius 3 is 2.79 bits per heavy atom. The van der Waals surface area contributed by atoms with Gasteiger partial charge in [0.15, 0.2) is 5.78 Å². The zero-order valence-electron chi connectivity index (χ0n) is 11.3. The fraction of sp³-hybridized carbons (Fsp3) is 0.438. The van der Waals surface area contributed by atoms with E-state index < -0.39 is 0 Å². The minimum Gasteiger partial charge on any atom is -0.360 e. The summed E-state index contributed by atoms with van der Waals surface area (Å²) < 4.78 is 0. The van der Waals surface area contributed by atoms with Crippen LogP contribution >= 0.6 is 0 Å². The number of para-hydroxylation sites is 1. The molecule has 1 aliphatic rings. The molecule has 1 saturated carbocycles. The van der Waals surface area contributed by atoms with Crippen LogP contribution in [0.15, 0.2) is 30.5 Å². The van der Waals surface area contributed by atoms with E-state index in [1.807, 2.05) is 30.5 Å². The molecular formula is C16H20N2O. The van der Waals surface area contributed by atoms with Gasteiger partial charge in [-0.3, -0.25) is 4.79 Å². The van der Waals surface area contributed by atoms with E-state index in [1.54, 1.807) is 0 Å². The van der Waals surface area contributed by atoms with Crippen LogP contribution < -0.4 is 5.32 Å². The molecule has 1 heterocycles. The minimum absolute atomic E-state index is 0.254. The third kappa shape index (κ3) is 1.98. The van der Waals surface area contributed by atoms with Gasteiger partial charge in [0, 0.05) is 22.7 Å². The van der Waals surface area contributed by atoms with Crippen molar-refractivity contribution in [2.45, 2.75) is 38.1 Å². The van der Waals surface area contributed by atoms with E-state index in [4.69, 9.17) is 0 Å². The molecule has 1 aromatic heterocycles. The maximum atomic E-state index is 13.0. The van der Waals surface area contributed by atoms with Crippen LogP contribution in [0.25, 0.3) is 10.9 Å². The van der Waals surface area contributed by atoms with E-state index in [1.165, 1.54) is 0 Å². The van der Waals surface area contributed by atoms with Gasteiger partial charge in [0.25, 0.3) is 0 Å². The highest BCUT2D eigenvalue weighted by atomic mass is 16.1. The van der Waals surface area contributed by atoms with E-state index in [-0.39, 0.29) is 11.3 Å². The lowest BCUT2D eigenvalue weighted by Crippen LogP contribution is -2.49. The van der Waals surface area contributed by atoms with Gasteiger partial charge in [0.2, 0.25) is 0 Å². The second-order valence-electron chi connectivity index (χ2n) is 5.40. The standard InChI is InChI=1S/C16H20N2O/c1-2-18-16(9-5-6-10-16)15(19)13-11-17-14-8-4-3-7-12(13)14/h3-4,7-8,11,17-18H,2,5-6,9-10H2,1H3. The maximum absolute atomic E-state index is 13.0. The summed E-state index contributed by atoms with van der Waals surface area (Å²) in [5, 5.41) is 4.49. The van der Waals surface area contributed by atoms with Gasteiger partial charge in [-0.05, 0) is 25.5 Å². The van der Waals surface area contributed by atoms with E-state index in [0.29, 0.717) is 0 Å². The fourth-order valence-corrected chi connectivity index (χ4v) is 3.32. The topological polar surface area (TPSA) is 44.9 Å². The SMILES string of the molecule is CCNC1(C(=O)c2c[nH]c3ccccc23)CCCC1. The van der Waals surface area contributed by atoms with Crippen LogP contribution in [0.1, 0.15) is 43.0 Å². The number of likely N-dealkylation sites (N-methyl/N-ethyl adjacent to an activating group) is 1. The van der Waals surface area contributed by atoms with Gasteiger partial charge in [0.1, 0.15) is 0 Å². The number of hydrogen-bond donors (Lipinski definition) is 2. The Hall–Kier alpha value is -1.61. The monoisotopic (exact) mass is 256 g/mol. The smallest absolute Gasteiger partial charge is 0.184 e. The zero-order chi connectivity index (χ0) is 13.3. The average molecular weight is 256 g/mol. The number of Topliss-reactive ketones (excluding diaryl/α,β-unsaturated/α-hetero) is 1. The molecule has 0 atom stereocenters. The predicted molar refractivity (Wildman–Crippen MR) is 77.5 cm³/mol. The third-order valence-corrected chi connectivity index (χ3v) is 4.24. The van der Waals surface area contributed by atoms with E-state index in [0.717, 1.165) is 48.7 Å². The molecule has 0 bridgehead atoms. The van der Waals surface area contributed by atoms with Crippen molar-refractivity contribution in [2.24, 2.45) is 0 Å². The summed E-state index contributed by atoms with van der Waals surface area (Å²) in [6, 6.07) is 8.01. The fourth-order valence-electron chi connectivity index (χ4n) is 3.32. The van der Waals surface area contributed by atoms with Crippen molar-refractivity contribution in [3.8, 4) is 0 Å². The molecule has 19 heavy (non-hydrogen) atoms. The molecule has 0 spiro atoms. The number of carbonyl (C=O) groups is 1. The van der Waals surface area contributed by atoms with Crippen LogP contribution in [0.2, 0.25) is 0 Å². The number of carbonyl (C=O) groups excluding carboxylic acids is 1. The molecule has 1 fully saturated rings. The van der Waals surface area contributed by atoms with E-state index in [9.17, 15) is 4.79 Å². The van der Waals surface area contributed by atoms with Crippen LogP contribution in [0.4, 0.5) is 0 Å². The second kappa shape index (κ2) is 4.82. The molecular weight excluding hydrogens is 236 g/mol. The average Bonchev–Trinajstić information content (AvgIpc) is 3.05. The molecule has 0 aliphatic heterocycles. The van der Waals surface area contributed by atoms with Crippen LogP contribution in [0.5, 0.6) is 0 Å². The molecule has 100 valence electrons. The Morgan fingerprint density at radius 1 is 1.32 bits per heavy atom. The van der Waals surface area contributed by atoms with Crippen molar-refractivity contribution < 1.29 is 4.79 Å². The Labute approximate surface area is 113 Å². The molecule has 3 rings (SSSR count). The van der Waals surface area contributed by atoms with Gasteiger partial charge >= 0.3 is 0 Å². The molecule has 0 saturated heterocycles. The number of nitrogens with one attached hydrogen (secondary N) is 2. The molecule has 2 aromatic rings. The van der Waals surface area contributed by atoms with Crippen molar-refractivity contribution in [3.05, 3.63) is 36.0 Å². The van der Waals surface area contributed by atoms with Gasteiger partial charge in [-0.15, -0.1) is 0 Å². The quantitative estimate of drug-likeness (QED) is 0.825. The maximum Gasteiger partial charge on any atom is 0.184 e. The Kier molecular flexibility index (Phi) is 3.15. The van der Waals surface area contributed by atoms with Crippen molar-refractivity contribution in [3.63, 3.8) is 0 Å². The van der Waals surface area contributed by atoms with Gasteiger partial charge in [-0.1, -0.05) is 38.0 Å². The van der Waals surface area contributed by atoms with Crippen LogP contribution in [0.3, 0.4) is 0 Å². The highest BCUT2D eigenvalue weighted by Gasteiger charge is 2.41. The Bertz CT molecular complexity index is 594. The number of aromatic nitrogens is 1. The molecule has 0 radical (unpaired) electrons. The summed E-state index contributed by atoms with van der Waals surface area (Å²) in [5.74, 6) is 0.254. The number of ketones is 1. The number of aromatic amines is 1. The lowest BCUT2D eigenvalue weighted by molar-refractivity contribution is 0.0858. The molecule has 1 aromatic carbocycles. The summed E-state index contributed by atoms with van der Waals surface area (Å²) in [4.78, 5) is 16.2. The number of benzene rings is 1. The van der Waals surface area contributed by atoms with Gasteiger partial charge < -0.3 is 10.3 Å². The minimum atomic E-state index is -0.334. The highest BCUT2D eigenvalue weighted by molar-refractivity contribution is 6.12. The van der Waals surface area contributed by atoms with Crippen molar-refractivity contribution in [1.29, 1.82) is 0 Å². The predicted octanol–water partition coefficient (Wildman–Crippen LogP) is 3.27. The van der Waals surface area contributed by atoms with Crippen LogP contribution in [-0.2, 0) is 0 Å². The van der Waals surface area contributed by atoms with Gasteiger partial charge in [-0.25, -0.2) is 0 Å². The summed E-state index contributed by atoms with van der Waals surface area (Å²) in [7, 11) is 0. The van der Waals surface area contributed by atoms with Crippen LogP contribution in [-0.4, -0.2) is 22.9 Å². The lowest BCUT2D eigenvalue weighted by atomic mass is 9.87. The molecule has 3 heteroatoms. The van der Waals surface area contributed by atoms with Crippen molar-refractivity contribution >= 4 is 16.7 Å². The molecule has 0 unspecified atom stereocenters. The molecule has 1 aliphatic carbocycles. The van der Waals surface area contributed by atoms with E-state index in [2.05, 4.69) is 17.2 Å². The highest BCUT2D eigenvalue weighted by Crippen LogP contribution is 2.34. The molecule has 3 nitrogen and oxygen atoms in total. The number of fused-ring (bicyclic) bond motifs is 1. The van der Waals surface area contributed by atoms with Crippen molar-refractivity contribution in [2.75, 3.05) is 6.54 Å². The summed E-state index contributed by atoms with van der Waals surface area (Å²) in [6.07, 6.45) is 6.06. The Balaban J connectivity index is 2.03. The molecule has 2 N–H and O–H groups in total. The summed E-state index contributed by atoms with van der Waals surface area (Å²) in [5.41, 5.74) is 1.54. The normalized spacial score (nSPS) is 17.9. The first-order chi connectivity index (χ1) is 9.27. The van der Waals surface area contributed by atoms with Crippen molar-refractivity contribution in [1.82, 2.24) is 10.3 Å². The van der Waals surface area contributed by atoms with Gasteiger partial charge in [-0.2, -0.15) is 0 Å². The first kappa shape index (κ1) is 12.4. The molecule has 0 amide bonds. The largest absolute Gasteiger partial charge is 0.360 e. The van der Waals surface area contributed by atoms with E-state index >= 15 is 0 Å². The number of rotatable bonds is 4. The lowest BCUT2D eigenvalue weighted by Gasteiger charge is -2.28. The first-order valence-corrected chi connectivity index (χ1v) is 7.13. The Morgan fingerprint density at radius 2 is 2.05 bits per heavy atom. The first-order valence-electron chi connectivity index (χ1n) is 7.13. The zero-order valence-corrected chi connectivity index (χ0v) is 11.3. The van der Waals surface area contributed by atoms with Gasteiger partial charge in [0.05, 0.1) is 5.54 Å². The van der Waals surface area contributed by atoms with Crippen LogP contribution in [0, 0.1) is 0 Å². The number of H-pyrrole nitrogens is 1. The summed E-state index contributed by atoms with van der Waals surface area (Å²) >= 11 is 0.